The Labute approximate surface area is 172 Å². The van der Waals surface area contributed by atoms with Crippen LogP contribution >= 0.6 is 23.2 Å². The molecule has 0 spiro atoms. The van der Waals surface area contributed by atoms with Gasteiger partial charge in [0.2, 0.25) is 0 Å². The number of carbonyl (C=O) groups excluding carboxylic acids is 2. The molecule has 0 saturated heterocycles. The van der Waals surface area contributed by atoms with E-state index in [1.54, 1.807) is 42.5 Å². The summed E-state index contributed by atoms with van der Waals surface area (Å²) in [7, 11) is 0. The standard InChI is InChI=1S/C21H17Cl2N3O2/c22-17-10-5-11-18(19(17)23)26-21(28)25-16-9-4-8-15(12-16)20(27)24-13-14-6-2-1-3-7-14/h1-12H,13H2,(H,24,27)(H2,25,26,28). The molecule has 0 fully saturated rings. The zero-order chi connectivity index (χ0) is 19.9. The third kappa shape index (κ3) is 5.25. The summed E-state index contributed by atoms with van der Waals surface area (Å²) in [6.45, 7) is 0.422. The van der Waals surface area contributed by atoms with Gasteiger partial charge < -0.3 is 16.0 Å². The van der Waals surface area contributed by atoms with Gasteiger partial charge in [-0.1, -0.05) is 65.7 Å². The normalized spacial score (nSPS) is 10.2. The Morgan fingerprint density at radius 3 is 2.36 bits per heavy atom. The molecule has 0 aliphatic heterocycles. The van der Waals surface area contributed by atoms with E-state index in [1.807, 2.05) is 30.3 Å². The van der Waals surface area contributed by atoms with Crippen LogP contribution < -0.4 is 16.0 Å². The fourth-order valence-corrected chi connectivity index (χ4v) is 2.85. The van der Waals surface area contributed by atoms with E-state index in [4.69, 9.17) is 23.2 Å². The van der Waals surface area contributed by atoms with E-state index >= 15 is 0 Å². The largest absolute Gasteiger partial charge is 0.348 e. The van der Waals surface area contributed by atoms with Gasteiger partial charge in [-0.2, -0.15) is 0 Å². The molecule has 28 heavy (non-hydrogen) atoms. The van der Waals surface area contributed by atoms with Crippen molar-refractivity contribution in [2.45, 2.75) is 6.54 Å². The van der Waals surface area contributed by atoms with Crippen molar-refractivity contribution in [2.75, 3.05) is 10.6 Å². The van der Waals surface area contributed by atoms with Crippen LogP contribution in [0.1, 0.15) is 15.9 Å². The van der Waals surface area contributed by atoms with Gasteiger partial charge >= 0.3 is 6.03 Å². The van der Waals surface area contributed by atoms with Gasteiger partial charge in [-0.3, -0.25) is 4.79 Å². The molecule has 3 rings (SSSR count). The van der Waals surface area contributed by atoms with Crippen LogP contribution in [-0.2, 0) is 6.54 Å². The highest BCUT2D eigenvalue weighted by Crippen LogP contribution is 2.29. The van der Waals surface area contributed by atoms with Crippen LogP contribution in [-0.4, -0.2) is 11.9 Å². The Kier molecular flexibility index (Phi) is 6.53. The highest BCUT2D eigenvalue weighted by molar-refractivity contribution is 6.44. The summed E-state index contributed by atoms with van der Waals surface area (Å²) in [4.78, 5) is 24.6. The second-order valence-electron chi connectivity index (χ2n) is 5.93. The van der Waals surface area contributed by atoms with Crippen LogP contribution in [0.3, 0.4) is 0 Å². The lowest BCUT2D eigenvalue weighted by atomic mass is 10.1. The number of halogens is 2. The Balaban J connectivity index is 1.61. The monoisotopic (exact) mass is 413 g/mol. The third-order valence-corrected chi connectivity index (χ3v) is 4.70. The van der Waals surface area contributed by atoms with Gasteiger partial charge in [-0.25, -0.2) is 4.79 Å². The van der Waals surface area contributed by atoms with Gasteiger partial charge in [0.25, 0.3) is 5.91 Å². The van der Waals surface area contributed by atoms with Gasteiger partial charge in [0.05, 0.1) is 15.7 Å². The van der Waals surface area contributed by atoms with E-state index in [2.05, 4.69) is 16.0 Å². The van der Waals surface area contributed by atoms with E-state index in [9.17, 15) is 9.59 Å². The zero-order valence-electron chi connectivity index (χ0n) is 14.7. The molecule has 0 radical (unpaired) electrons. The molecule has 0 aliphatic carbocycles. The highest BCUT2D eigenvalue weighted by atomic mass is 35.5. The first-order chi connectivity index (χ1) is 13.5. The summed E-state index contributed by atoms with van der Waals surface area (Å²) in [6.07, 6.45) is 0. The van der Waals surface area contributed by atoms with Crippen molar-refractivity contribution >= 4 is 46.5 Å². The molecule has 3 N–H and O–H groups in total. The maximum Gasteiger partial charge on any atom is 0.323 e. The number of rotatable bonds is 5. The molecule has 3 aromatic carbocycles. The van der Waals surface area contributed by atoms with Crippen molar-refractivity contribution in [3.05, 3.63) is 94.0 Å². The first-order valence-electron chi connectivity index (χ1n) is 8.47. The summed E-state index contributed by atoms with van der Waals surface area (Å²) in [5, 5.41) is 8.75. The van der Waals surface area contributed by atoms with E-state index in [-0.39, 0.29) is 10.9 Å². The minimum Gasteiger partial charge on any atom is -0.348 e. The zero-order valence-corrected chi connectivity index (χ0v) is 16.2. The van der Waals surface area contributed by atoms with Crippen LogP contribution in [0.4, 0.5) is 16.2 Å². The number of hydrogen-bond acceptors (Lipinski definition) is 2. The van der Waals surface area contributed by atoms with E-state index < -0.39 is 6.03 Å². The van der Waals surface area contributed by atoms with Crippen molar-refractivity contribution < 1.29 is 9.59 Å². The Morgan fingerprint density at radius 1 is 0.821 bits per heavy atom. The van der Waals surface area contributed by atoms with Gasteiger partial charge in [-0.05, 0) is 35.9 Å². The quantitative estimate of drug-likeness (QED) is 0.511. The van der Waals surface area contributed by atoms with Crippen molar-refractivity contribution in [1.82, 2.24) is 5.32 Å². The predicted octanol–water partition coefficient (Wildman–Crippen LogP) is 5.57. The SMILES string of the molecule is O=C(Nc1cccc(C(=O)NCc2ccccc2)c1)Nc1cccc(Cl)c1Cl. The molecular formula is C21H17Cl2N3O2. The molecule has 5 nitrogen and oxygen atoms in total. The molecule has 3 aromatic rings. The number of carbonyl (C=O) groups is 2. The second-order valence-corrected chi connectivity index (χ2v) is 6.71. The van der Waals surface area contributed by atoms with E-state index in [0.29, 0.717) is 28.5 Å². The van der Waals surface area contributed by atoms with Crippen LogP contribution in [0, 0.1) is 0 Å². The fourth-order valence-electron chi connectivity index (χ4n) is 2.50. The van der Waals surface area contributed by atoms with Gasteiger partial charge in [-0.15, -0.1) is 0 Å². The third-order valence-electron chi connectivity index (χ3n) is 3.88. The first-order valence-corrected chi connectivity index (χ1v) is 9.23. The van der Waals surface area contributed by atoms with Crippen molar-refractivity contribution in [1.29, 1.82) is 0 Å². The van der Waals surface area contributed by atoms with Crippen LogP contribution in [0.25, 0.3) is 0 Å². The van der Waals surface area contributed by atoms with E-state index in [1.165, 1.54) is 0 Å². The van der Waals surface area contributed by atoms with Crippen molar-refractivity contribution in [2.24, 2.45) is 0 Å². The van der Waals surface area contributed by atoms with Gasteiger partial charge in [0.1, 0.15) is 0 Å². The summed E-state index contributed by atoms with van der Waals surface area (Å²) in [5.41, 5.74) is 2.31. The van der Waals surface area contributed by atoms with Crippen LogP contribution in [0.2, 0.25) is 10.0 Å². The number of hydrogen-bond donors (Lipinski definition) is 3. The molecule has 142 valence electrons. The van der Waals surface area contributed by atoms with Crippen LogP contribution in [0.15, 0.2) is 72.8 Å². The Hall–Kier alpha value is -3.02. The molecule has 0 unspecified atom stereocenters. The molecule has 0 aliphatic rings. The number of benzene rings is 3. The average molecular weight is 414 g/mol. The molecule has 0 saturated carbocycles. The number of amides is 3. The molecule has 0 atom stereocenters. The lowest BCUT2D eigenvalue weighted by molar-refractivity contribution is 0.0951. The van der Waals surface area contributed by atoms with Gasteiger partial charge in [0.15, 0.2) is 0 Å². The predicted molar refractivity (Wildman–Crippen MR) is 113 cm³/mol. The first kappa shape index (κ1) is 19.7. The second kappa shape index (κ2) is 9.26. The summed E-state index contributed by atoms with van der Waals surface area (Å²) < 4.78 is 0. The Bertz CT molecular complexity index is 994. The maximum absolute atomic E-state index is 12.4. The molecule has 3 amide bonds. The maximum atomic E-state index is 12.4. The molecule has 0 bridgehead atoms. The number of anilines is 2. The molecule has 7 heteroatoms. The minimum atomic E-state index is -0.494. The summed E-state index contributed by atoms with van der Waals surface area (Å²) in [6, 6.07) is 20.7. The molecule has 0 aromatic heterocycles. The lowest BCUT2D eigenvalue weighted by Gasteiger charge is -2.11. The van der Waals surface area contributed by atoms with Crippen molar-refractivity contribution in [3.63, 3.8) is 0 Å². The lowest BCUT2D eigenvalue weighted by Crippen LogP contribution is -2.23. The number of urea groups is 1. The molecular weight excluding hydrogens is 397 g/mol. The average Bonchev–Trinajstić information content (AvgIpc) is 2.70. The van der Waals surface area contributed by atoms with Gasteiger partial charge in [0, 0.05) is 17.8 Å². The van der Waals surface area contributed by atoms with E-state index in [0.717, 1.165) is 5.56 Å². The number of nitrogens with one attached hydrogen (secondary N) is 3. The smallest absolute Gasteiger partial charge is 0.323 e. The summed E-state index contributed by atoms with van der Waals surface area (Å²) >= 11 is 12.0. The van der Waals surface area contributed by atoms with Crippen LogP contribution in [0.5, 0.6) is 0 Å². The Morgan fingerprint density at radius 2 is 1.57 bits per heavy atom. The fraction of sp³-hybridized carbons (Fsp3) is 0.0476. The topological polar surface area (TPSA) is 70.2 Å². The minimum absolute atomic E-state index is 0.231. The van der Waals surface area contributed by atoms with Crippen molar-refractivity contribution in [3.8, 4) is 0 Å². The summed E-state index contributed by atoms with van der Waals surface area (Å²) in [5.74, 6) is -0.231. The highest BCUT2D eigenvalue weighted by Gasteiger charge is 2.10. The molecule has 0 heterocycles.